The van der Waals surface area contributed by atoms with E-state index in [4.69, 9.17) is 0 Å². The van der Waals surface area contributed by atoms with Gasteiger partial charge in [0.15, 0.2) is 0 Å². The van der Waals surface area contributed by atoms with E-state index in [1.54, 1.807) is 0 Å². The average Bonchev–Trinajstić information content (AvgIpc) is 2.15. The quantitative estimate of drug-likeness (QED) is 0.682. The van der Waals surface area contributed by atoms with Crippen LogP contribution in [0.5, 0.6) is 0 Å². The fourth-order valence-corrected chi connectivity index (χ4v) is 2.48. The molecule has 0 spiro atoms. The largest absolute Gasteiger partial charge is 0.299 e. The van der Waals surface area contributed by atoms with E-state index in [1.165, 1.54) is 16.7 Å². The van der Waals surface area contributed by atoms with Gasteiger partial charge < -0.3 is 0 Å². The van der Waals surface area contributed by atoms with Crippen LogP contribution in [0.25, 0.3) is 0 Å². The van der Waals surface area contributed by atoms with E-state index in [9.17, 15) is 4.79 Å². The molecular weight excluding hydrogens is 184 g/mol. The van der Waals surface area contributed by atoms with Crippen molar-refractivity contribution >= 4 is 5.78 Å². The van der Waals surface area contributed by atoms with E-state index in [-0.39, 0.29) is 5.41 Å². The van der Waals surface area contributed by atoms with Gasteiger partial charge in [-0.2, -0.15) is 0 Å². The van der Waals surface area contributed by atoms with Gasteiger partial charge in [-0.1, -0.05) is 37.6 Å². The highest BCUT2D eigenvalue weighted by Gasteiger charge is 2.48. The van der Waals surface area contributed by atoms with Crippen LogP contribution in [0.4, 0.5) is 0 Å². The third-order valence-corrected chi connectivity index (χ3v) is 3.78. The molecule has 2 rings (SSSR count). The zero-order valence-electron chi connectivity index (χ0n) is 9.92. The van der Waals surface area contributed by atoms with E-state index in [1.807, 2.05) is 0 Å². The number of Topliss-reactive ketones (excluding diaryl/α,β-unsaturated/α-hetero) is 1. The predicted molar refractivity (Wildman–Crippen MR) is 62.1 cm³/mol. The molecule has 1 aliphatic carbocycles. The molecule has 0 bridgehead atoms. The summed E-state index contributed by atoms with van der Waals surface area (Å²) in [6, 6.07) is 6.53. The van der Waals surface area contributed by atoms with Crippen LogP contribution in [0.3, 0.4) is 0 Å². The van der Waals surface area contributed by atoms with Crippen molar-refractivity contribution in [2.45, 2.75) is 40.0 Å². The van der Waals surface area contributed by atoms with Crippen molar-refractivity contribution in [1.29, 1.82) is 0 Å². The molecule has 1 nitrogen and oxygen atoms in total. The summed E-state index contributed by atoms with van der Waals surface area (Å²) < 4.78 is 0. The van der Waals surface area contributed by atoms with Gasteiger partial charge in [-0.3, -0.25) is 4.79 Å². The first-order valence-electron chi connectivity index (χ1n) is 5.53. The Hall–Kier alpha value is -1.11. The Labute approximate surface area is 91.5 Å². The second kappa shape index (κ2) is 3.19. The molecule has 0 amide bonds. The fourth-order valence-electron chi connectivity index (χ4n) is 2.48. The zero-order chi connectivity index (χ0) is 11.2. The van der Waals surface area contributed by atoms with Crippen LogP contribution >= 0.6 is 0 Å². The molecule has 1 atom stereocenters. The monoisotopic (exact) mass is 202 g/mol. The number of ketones is 1. The lowest BCUT2D eigenvalue weighted by Crippen LogP contribution is -2.43. The second-order valence-electron chi connectivity index (χ2n) is 5.26. The molecule has 80 valence electrons. The molecule has 1 heteroatoms. The lowest BCUT2D eigenvalue weighted by Gasteiger charge is -2.43. The van der Waals surface area contributed by atoms with E-state index in [0.29, 0.717) is 11.7 Å². The zero-order valence-corrected chi connectivity index (χ0v) is 9.92. The summed E-state index contributed by atoms with van der Waals surface area (Å²) in [7, 11) is 0. The predicted octanol–water partition coefficient (Wildman–Crippen LogP) is 3.39. The molecule has 1 fully saturated rings. The Kier molecular flexibility index (Phi) is 2.22. The molecule has 0 radical (unpaired) electrons. The van der Waals surface area contributed by atoms with Crippen LogP contribution in [0.2, 0.25) is 0 Å². The Morgan fingerprint density at radius 3 is 2.40 bits per heavy atom. The highest BCUT2D eigenvalue weighted by Crippen LogP contribution is 2.50. The minimum absolute atomic E-state index is 0.153. The molecule has 0 N–H and O–H groups in total. The first-order valence-corrected chi connectivity index (χ1v) is 5.53. The third-order valence-electron chi connectivity index (χ3n) is 3.78. The van der Waals surface area contributed by atoms with Gasteiger partial charge in [0.05, 0.1) is 0 Å². The third kappa shape index (κ3) is 1.50. The molecule has 0 aromatic heterocycles. The first-order chi connectivity index (χ1) is 6.93. The van der Waals surface area contributed by atoms with Gasteiger partial charge in [0.1, 0.15) is 5.78 Å². The normalized spacial score (nSPS) is 23.7. The van der Waals surface area contributed by atoms with Crippen molar-refractivity contribution in [3.8, 4) is 0 Å². The van der Waals surface area contributed by atoms with E-state index in [2.05, 4.69) is 45.9 Å². The smallest absolute Gasteiger partial charge is 0.139 e. The van der Waals surface area contributed by atoms with Crippen molar-refractivity contribution in [3.63, 3.8) is 0 Å². The minimum atomic E-state index is -0.153. The maximum Gasteiger partial charge on any atom is 0.139 e. The SMILES string of the molecule is Cc1ccc(C2CC(=O)C2(C)C)c(C)c1. The molecule has 1 saturated carbocycles. The minimum Gasteiger partial charge on any atom is -0.299 e. The lowest BCUT2D eigenvalue weighted by atomic mass is 9.58. The van der Waals surface area contributed by atoms with Crippen LogP contribution < -0.4 is 0 Å². The Morgan fingerprint density at radius 2 is 1.93 bits per heavy atom. The van der Waals surface area contributed by atoms with Crippen LogP contribution in [-0.2, 0) is 4.79 Å². The summed E-state index contributed by atoms with van der Waals surface area (Å²) in [5.74, 6) is 0.818. The highest BCUT2D eigenvalue weighted by atomic mass is 16.1. The number of rotatable bonds is 1. The number of benzene rings is 1. The van der Waals surface area contributed by atoms with Crippen LogP contribution in [0.1, 0.15) is 42.9 Å². The van der Waals surface area contributed by atoms with Crippen LogP contribution in [0.15, 0.2) is 18.2 Å². The molecule has 0 saturated heterocycles. The number of aryl methyl sites for hydroxylation is 2. The summed E-state index contributed by atoms with van der Waals surface area (Å²) in [4.78, 5) is 11.5. The maximum atomic E-state index is 11.5. The van der Waals surface area contributed by atoms with Gasteiger partial charge in [0.2, 0.25) is 0 Å². The number of carbonyl (C=O) groups excluding carboxylic acids is 1. The molecular formula is C14H18O. The van der Waals surface area contributed by atoms with E-state index in [0.717, 1.165) is 6.42 Å². The van der Waals surface area contributed by atoms with E-state index < -0.39 is 0 Å². The molecule has 0 aliphatic heterocycles. The van der Waals surface area contributed by atoms with Crippen molar-refractivity contribution < 1.29 is 4.79 Å². The first kappa shape index (κ1) is 10.4. The van der Waals surface area contributed by atoms with Crippen LogP contribution in [-0.4, -0.2) is 5.78 Å². The van der Waals surface area contributed by atoms with Gasteiger partial charge in [-0.25, -0.2) is 0 Å². The Bertz CT molecular complexity index is 415. The summed E-state index contributed by atoms with van der Waals surface area (Å²) in [6.45, 7) is 8.36. The summed E-state index contributed by atoms with van der Waals surface area (Å²) in [5, 5.41) is 0. The van der Waals surface area contributed by atoms with E-state index >= 15 is 0 Å². The average molecular weight is 202 g/mol. The van der Waals surface area contributed by atoms with Crippen molar-refractivity contribution in [1.82, 2.24) is 0 Å². The highest BCUT2D eigenvalue weighted by molar-refractivity contribution is 5.92. The molecule has 0 heterocycles. The summed E-state index contributed by atoms with van der Waals surface area (Å²) in [5.41, 5.74) is 3.81. The van der Waals surface area contributed by atoms with Crippen LogP contribution in [0, 0.1) is 19.3 Å². The number of hydrogen-bond donors (Lipinski definition) is 0. The summed E-state index contributed by atoms with van der Waals surface area (Å²) in [6.07, 6.45) is 0.719. The molecule has 1 unspecified atom stereocenters. The Morgan fingerprint density at radius 1 is 1.27 bits per heavy atom. The molecule has 15 heavy (non-hydrogen) atoms. The fraction of sp³-hybridized carbons (Fsp3) is 0.500. The van der Waals surface area contributed by atoms with Crippen molar-refractivity contribution in [3.05, 3.63) is 34.9 Å². The number of hydrogen-bond acceptors (Lipinski definition) is 1. The van der Waals surface area contributed by atoms with Crippen molar-refractivity contribution in [2.75, 3.05) is 0 Å². The topological polar surface area (TPSA) is 17.1 Å². The van der Waals surface area contributed by atoms with Gasteiger partial charge in [0.25, 0.3) is 0 Å². The number of carbonyl (C=O) groups is 1. The lowest BCUT2D eigenvalue weighted by molar-refractivity contribution is -0.137. The van der Waals surface area contributed by atoms with Gasteiger partial charge in [-0.05, 0) is 25.0 Å². The van der Waals surface area contributed by atoms with Crippen molar-refractivity contribution in [2.24, 2.45) is 5.41 Å². The van der Waals surface area contributed by atoms with Gasteiger partial charge >= 0.3 is 0 Å². The molecule has 1 aromatic rings. The standard InChI is InChI=1S/C14H18O/c1-9-5-6-11(10(2)7-9)12-8-13(15)14(12,3)4/h5-7,12H,8H2,1-4H3. The van der Waals surface area contributed by atoms with Gasteiger partial charge in [-0.15, -0.1) is 0 Å². The Balaban J connectivity index is 2.36. The van der Waals surface area contributed by atoms with Gasteiger partial charge in [0, 0.05) is 17.8 Å². The maximum absolute atomic E-state index is 11.5. The molecule has 1 aliphatic rings. The summed E-state index contributed by atoms with van der Waals surface area (Å²) >= 11 is 0. The second-order valence-corrected chi connectivity index (χ2v) is 5.26. The molecule has 1 aromatic carbocycles.